The predicted molar refractivity (Wildman–Crippen MR) is 165 cm³/mol. The van der Waals surface area contributed by atoms with Gasteiger partial charge in [0, 0.05) is 24.5 Å². The number of hydrogen-bond donors (Lipinski definition) is 2. The summed E-state index contributed by atoms with van der Waals surface area (Å²) in [6.07, 6.45) is 10.8. The number of primary amides is 1. The van der Waals surface area contributed by atoms with Crippen LogP contribution in [0.2, 0.25) is 0 Å². The largest absolute Gasteiger partial charge is 0.397 e. The molecule has 0 unspecified atom stereocenters. The smallest absolute Gasteiger partial charge is 0.260 e. The van der Waals surface area contributed by atoms with Gasteiger partial charge in [0.25, 0.3) is 5.91 Å². The molecule has 5 nitrogen and oxygen atoms in total. The number of unbranched alkanes of at least 4 members (excludes halogenated alkanes) is 3. The molecule has 0 saturated carbocycles. The lowest BCUT2D eigenvalue weighted by molar-refractivity contribution is -0.127. The fraction of sp³-hybridized carbons (Fsp3) is 0.484. The lowest BCUT2D eigenvalue weighted by Crippen LogP contribution is -2.23. The first kappa shape index (κ1) is 36.3. The zero-order chi connectivity index (χ0) is 29.0. The van der Waals surface area contributed by atoms with Gasteiger partial charge >= 0.3 is 0 Å². The maximum absolute atomic E-state index is 11.3. The normalized spacial score (nSPS) is 10.0. The second-order valence-electron chi connectivity index (χ2n) is 9.03. The molecule has 0 saturated heterocycles. The number of nitrogens with zero attached hydrogens (tertiary/aromatic N) is 1. The summed E-state index contributed by atoms with van der Waals surface area (Å²) in [7, 11) is 3.55. The van der Waals surface area contributed by atoms with Crippen molar-refractivity contribution in [1.82, 2.24) is 4.90 Å². The Morgan fingerprint density at radius 3 is 1.81 bits per heavy atom. The molecular weight excluding hydrogens is 478 g/mol. The Kier molecular flexibility index (Phi) is 20.8. The van der Waals surface area contributed by atoms with Gasteiger partial charge in [-0.05, 0) is 31.9 Å². The number of carbonyl (C=O) groups is 2. The maximum Gasteiger partial charge on any atom is 0.260 e. The van der Waals surface area contributed by atoms with Crippen molar-refractivity contribution in [2.75, 3.05) is 19.8 Å². The van der Waals surface area contributed by atoms with E-state index in [-0.39, 0.29) is 5.91 Å². The van der Waals surface area contributed by atoms with Crippen LogP contribution in [0.4, 0.5) is 5.69 Å². The number of benzene rings is 1. The van der Waals surface area contributed by atoms with E-state index in [1.165, 1.54) is 49.0 Å². The molecule has 4 N–H and O–H groups in total. The van der Waals surface area contributed by atoms with E-state index in [9.17, 15) is 9.59 Å². The van der Waals surface area contributed by atoms with Crippen LogP contribution in [0.15, 0.2) is 43.0 Å². The van der Waals surface area contributed by atoms with Crippen molar-refractivity contribution in [3.05, 3.63) is 69.4 Å². The number of nitrogens with two attached hydrogens (primary N) is 2. The molecule has 2 amide bonds. The number of nitrogen functional groups attached to an aromatic ring is 1. The van der Waals surface area contributed by atoms with Crippen LogP contribution in [-0.4, -0.2) is 30.8 Å². The van der Waals surface area contributed by atoms with E-state index in [4.69, 9.17) is 11.5 Å². The molecule has 37 heavy (non-hydrogen) atoms. The summed E-state index contributed by atoms with van der Waals surface area (Å²) in [5.41, 5.74) is 15.7. The van der Waals surface area contributed by atoms with Gasteiger partial charge in [-0.2, -0.15) is 0 Å². The van der Waals surface area contributed by atoms with Crippen molar-refractivity contribution in [2.24, 2.45) is 5.73 Å². The van der Waals surface area contributed by atoms with Gasteiger partial charge in [-0.25, -0.2) is 0 Å². The molecule has 2 aromatic rings. The van der Waals surface area contributed by atoms with Crippen molar-refractivity contribution in [2.45, 2.75) is 87.0 Å². The molecule has 1 aromatic heterocycles. The standard InChI is InChI=1S/C11H14N2OS.C11H15NO.C5H12.C4H10/c1-4-5-6(2)8-7(3)15-10(9(8)12)11(13)14;1-9-4-6-10(7-5-9)8-11(13)12(2)3;1-3-5-4-2;1-3-4-2/h4-5H,1,12H2,2-3H3,(H2,13,14);4-7H,8H2,1-3H3;3-5H2,1-2H3;3-4H2,1-2H3/b6-5-;;;. The molecule has 208 valence electrons. The summed E-state index contributed by atoms with van der Waals surface area (Å²) in [6, 6.07) is 8.05. The van der Waals surface area contributed by atoms with Crippen LogP contribution >= 0.6 is 11.3 Å². The molecule has 1 aromatic carbocycles. The van der Waals surface area contributed by atoms with Crippen LogP contribution in [0, 0.1) is 13.8 Å². The molecule has 0 atom stereocenters. The summed E-state index contributed by atoms with van der Waals surface area (Å²) in [5.74, 6) is -0.331. The maximum atomic E-state index is 11.3. The number of thiophene rings is 1. The number of aryl methyl sites for hydroxylation is 2. The van der Waals surface area contributed by atoms with Crippen LogP contribution in [-0.2, 0) is 11.2 Å². The van der Waals surface area contributed by atoms with E-state index < -0.39 is 5.91 Å². The molecule has 0 spiro atoms. The molecule has 0 aliphatic rings. The highest BCUT2D eigenvalue weighted by atomic mass is 32.1. The van der Waals surface area contributed by atoms with Gasteiger partial charge < -0.3 is 16.4 Å². The zero-order valence-electron chi connectivity index (χ0n) is 24.7. The third kappa shape index (κ3) is 15.8. The first-order valence-electron chi connectivity index (χ1n) is 13.1. The van der Waals surface area contributed by atoms with E-state index in [1.807, 2.05) is 51.1 Å². The van der Waals surface area contributed by atoms with Gasteiger partial charge in [-0.1, -0.05) is 108 Å². The first-order chi connectivity index (χ1) is 17.4. The van der Waals surface area contributed by atoms with Crippen molar-refractivity contribution in [1.29, 1.82) is 0 Å². The monoisotopic (exact) mass is 529 g/mol. The quantitative estimate of drug-likeness (QED) is 0.340. The molecule has 0 radical (unpaired) electrons. The molecular formula is C31H51N3O2S. The fourth-order valence-corrected chi connectivity index (χ4v) is 3.88. The van der Waals surface area contributed by atoms with E-state index in [0.717, 1.165) is 21.6 Å². The Morgan fingerprint density at radius 1 is 0.973 bits per heavy atom. The second-order valence-corrected chi connectivity index (χ2v) is 10.3. The van der Waals surface area contributed by atoms with Gasteiger partial charge in [-0.3, -0.25) is 9.59 Å². The number of carbonyl (C=O) groups excluding carboxylic acids is 2. The number of likely N-dealkylation sites (N-methyl/N-ethyl adjacent to an activating group) is 1. The molecule has 0 aliphatic heterocycles. The Balaban J connectivity index is 0. The minimum atomic E-state index is -0.474. The topological polar surface area (TPSA) is 89.4 Å². The number of anilines is 1. The van der Waals surface area contributed by atoms with Crippen LogP contribution in [0.1, 0.15) is 98.0 Å². The van der Waals surface area contributed by atoms with Gasteiger partial charge in [0.05, 0.1) is 12.1 Å². The molecule has 0 bridgehead atoms. The predicted octanol–water partition coefficient (Wildman–Crippen LogP) is 7.96. The molecule has 6 heteroatoms. The van der Waals surface area contributed by atoms with Crippen LogP contribution in [0.25, 0.3) is 5.57 Å². The Hall–Kier alpha value is -2.86. The average molecular weight is 530 g/mol. The summed E-state index contributed by atoms with van der Waals surface area (Å²) in [6.45, 7) is 18.3. The van der Waals surface area contributed by atoms with Crippen molar-refractivity contribution in [3.8, 4) is 0 Å². The van der Waals surface area contributed by atoms with Gasteiger partial charge in [0.1, 0.15) is 4.88 Å². The lowest BCUT2D eigenvalue weighted by Gasteiger charge is -2.09. The highest BCUT2D eigenvalue weighted by molar-refractivity contribution is 7.15. The zero-order valence-corrected chi connectivity index (χ0v) is 25.6. The second kappa shape index (κ2) is 21.2. The molecule has 2 rings (SSSR count). The summed E-state index contributed by atoms with van der Waals surface area (Å²) in [4.78, 5) is 25.4. The summed E-state index contributed by atoms with van der Waals surface area (Å²) >= 11 is 1.33. The van der Waals surface area contributed by atoms with E-state index in [2.05, 4.69) is 34.3 Å². The van der Waals surface area contributed by atoms with Crippen molar-refractivity contribution < 1.29 is 9.59 Å². The third-order valence-corrected chi connectivity index (χ3v) is 6.42. The van der Waals surface area contributed by atoms with Crippen LogP contribution in [0.5, 0.6) is 0 Å². The third-order valence-electron chi connectivity index (χ3n) is 5.29. The SMILES string of the molecule is C=C/C=C(/C)c1c(C)sc(C(N)=O)c1N.CCCC.CCCCC.Cc1ccc(CC(=O)N(C)C)cc1. The number of allylic oxidation sites excluding steroid dienone is 3. The van der Waals surface area contributed by atoms with Crippen LogP contribution < -0.4 is 11.5 Å². The lowest BCUT2D eigenvalue weighted by atomic mass is 10.1. The fourth-order valence-electron chi connectivity index (χ4n) is 2.89. The van der Waals surface area contributed by atoms with Crippen LogP contribution in [0.3, 0.4) is 0 Å². The van der Waals surface area contributed by atoms with Crippen molar-refractivity contribution in [3.63, 3.8) is 0 Å². The number of rotatable bonds is 8. The Morgan fingerprint density at radius 2 is 1.49 bits per heavy atom. The number of amides is 2. The average Bonchev–Trinajstić information content (AvgIpc) is 3.16. The highest BCUT2D eigenvalue weighted by Gasteiger charge is 2.17. The van der Waals surface area contributed by atoms with E-state index >= 15 is 0 Å². The minimum Gasteiger partial charge on any atom is -0.397 e. The van der Waals surface area contributed by atoms with E-state index in [1.54, 1.807) is 25.1 Å². The first-order valence-corrected chi connectivity index (χ1v) is 14.0. The molecule has 0 aliphatic carbocycles. The highest BCUT2D eigenvalue weighted by Crippen LogP contribution is 2.35. The number of hydrogen-bond acceptors (Lipinski definition) is 4. The Bertz CT molecular complexity index is 954. The van der Waals surface area contributed by atoms with Gasteiger partial charge in [0.15, 0.2) is 0 Å². The van der Waals surface area contributed by atoms with Gasteiger partial charge in [0.2, 0.25) is 5.91 Å². The summed E-state index contributed by atoms with van der Waals surface area (Å²) < 4.78 is 0. The van der Waals surface area contributed by atoms with Crippen molar-refractivity contribution >= 4 is 34.4 Å². The summed E-state index contributed by atoms with van der Waals surface area (Å²) in [5, 5.41) is 0. The molecule has 1 heterocycles. The van der Waals surface area contributed by atoms with E-state index in [0.29, 0.717) is 17.0 Å². The minimum absolute atomic E-state index is 0.142. The van der Waals surface area contributed by atoms with Gasteiger partial charge in [-0.15, -0.1) is 11.3 Å². The molecule has 0 fully saturated rings. The Labute approximate surface area is 230 Å².